The lowest BCUT2D eigenvalue weighted by molar-refractivity contribution is -0.153. The molecule has 0 radical (unpaired) electrons. The first kappa shape index (κ1) is 13.5. The van der Waals surface area contributed by atoms with E-state index >= 15 is 0 Å². The maximum absolute atomic E-state index is 13.6. The summed E-state index contributed by atoms with van der Waals surface area (Å²) in [7, 11) is 1.51. The van der Waals surface area contributed by atoms with E-state index in [1.807, 2.05) is 6.92 Å². The van der Waals surface area contributed by atoms with Gasteiger partial charge >= 0.3 is 5.97 Å². The minimum absolute atomic E-state index is 0.0847. The summed E-state index contributed by atoms with van der Waals surface area (Å²) in [6.07, 6.45) is 0.726. The highest BCUT2D eigenvalue weighted by Crippen LogP contribution is 2.47. The Kier molecular flexibility index (Phi) is 3.30. The Hall–Kier alpha value is -1.91. The number of aryl methyl sites for hydroxylation is 1. The Morgan fingerprint density at radius 2 is 2.05 bits per heavy atom. The number of hydrogen-bond donors (Lipinski definition) is 1. The molecule has 1 aliphatic rings. The van der Waals surface area contributed by atoms with Crippen LogP contribution in [0.1, 0.15) is 24.0 Å². The van der Waals surface area contributed by atoms with Gasteiger partial charge < -0.3 is 10.0 Å². The maximum atomic E-state index is 13.6. The molecule has 1 aromatic rings. The standard InChI is InChI=1S/C14H16FNO3/c1-9-3-4-11(15)10(7-9)8-16(2)12(17)14(5-6-14)13(18)19/h3-4,7H,5-6,8H2,1-2H3,(H,18,19). The second-order valence-corrected chi connectivity index (χ2v) is 5.14. The Labute approximate surface area is 110 Å². The molecule has 5 heteroatoms. The zero-order chi connectivity index (χ0) is 14.2. The van der Waals surface area contributed by atoms with E-state index in [0.29, 0.717) is 18.4 Å². The molecule has 1 fully saturated rings. The summed E-state index contributed by atoms with van der Waals surface area (Å²) in [4.78, 5) is 24.5. The average molecular weight is 265 g/mol. The fourth-order valence-electron chi connectivity index (χ4n) is 2.16. The van der Waals surface area contributed by atoms with Gasteiger partial charge in [-0.3, -0.25) is 9.59 Å². The van der Waals surface area contributed by atoms with E-state index in [2.05, 4.69) is 0 Å². The van der Waals surface area contributed by atoms with E-state index < -0.39 is 17.3 Å². The fraction of sp³-hybridized carbons (Fsp3) is 0.429. The van der Waals surface area contributed by atoms with Crippen LogP contribution in [-0.4, -0.2) is 28.9 Å². The second-order valence-electron chi connectivity index (χ2n) is 5.14. The molecule has 0 aliphatic heterocycles. The third-order valence-corrected chi connectivity index (χ3v) is 3.52. The van der Waals surface area contributed by atoms with Crippen molar-refractivity contribution in [3.63, 3.8) is 0 Å². The fourth-order valence-corrected chi connectivity index (χ4v) is 2.16. The zero-order valence-electron chi connectivity index (χ0n) is 10.9. The molecule has 1 aliphatic carbocycles. The van der Waals surface area contributed by atoms with Crippen molar-refractivity contribution in [2.45, 2.75) is 26.3 Å². The number of nitrogens with zero attached hydrogens (tertiary/aromatic N) is 1. The zero-order valence-corrected chi connectivity index (χ0v) is 10.9. The number of carboxylic acid groups (broad SMARTS) is 1. The molecule has 1 saturated carbocycles. The van der Waals surface area contributed by atoms with Crippen LogP contribution in [0.15, 0.2) is 18.2 Å². The van der Waals surface area contributed by atoms with Crippen molar-refractivity contribution in [3.8, 4) is 0 Å². The third kappa shape index (κ3) is 2.45. The molecule has 0 saturated heterocycles. The highest BCUT2D eigenvalue weighted by molar-refractivity contribution is 6.04. The largest absolute Gasteiger partial charge is 0.480 e. The minimum atomic E-state index is -1.27. The van der Waals surface area contributed by atoms with Crippen molar-refractivity contribution < 1.29 is 19.1 Å². The number of carbonyl (C=O) groups excluding carboxylic acids is 1. The highest BCUT2D eigenvalue weighted by Gasteiger charge is 2.58. The van der Waals surface area contributed by atoms with Crippen molar-refractivity contribution in [3.05, 3.63) is 35.1 Å². The number of carboxylic acids is 1. The normalized spacial score (nSPS) is 15.9. The molecule has 1 aromatic carbocycles. The summed E-state index contributed by atoms with van der Waals surface area (Å²) in [5, 5.41) is 9.07. The van der Waals surface area contributed by atoms with Crippen LogP contribution in [0, 0.1) is 18.2 Å². The van der Waals surface area contributed by atoms with Gasteiger partial charge in [-0.2, -0.15) is 0 Å². The summed E-state index contributed by atoms with van der Waals surface area (Å²) < 4.78 is 13.6. The van der Waals surface area contributed by atoms with Crippen LogP contribution < -0.4 is 0 Å². The molecule has 0 heterocycles. The summed E-state index contributed by atoms with van der Waals surface area (Å²) >= 11 is 0. The average Bonchev–Trinajstić information content (AvgIpc) is 3.14. The Morgan fingerprint density at radius 1 is 1.42 bits per heavy atom. The van der Waals surface area contributed by atoms with Crippen LogP contribution in [0.3, 0.4) is 0 Å². The summed E-state index contributed by atoms with van der Waals surface area (Å²) in [5.74, 6) is -1.92. The highest BCUT2D eigenvalue weighted by atomic mass is 19.1. The predicted octanol–water partition coefficient (Wildman–Crippen LogP) is 1.96. The van der Waals surface area contributed by atoms with E-state index in [1.165, 1.54) is 18.0 Å². The number of hydrogen-bond acceptors (Lipinski definition) is 2. The molecular formula is C14H16FNO3. The lowest BCUT2D eigenvalue weighted by Gasteiger charge is -2.21. The van der Waals surface area contributed by atoms with Gasteiger partial charge in [0.25, 0.3) is 0 Å². The summed E-state index contributed by atoms with van der Waals surface area (Å²) in [6, 6.07) is 4.67. The topological polar surface area (TPSA) is 57.6 Å². The Morgan fingerprint density at radius 3 is 2.58 bits per heavy atom. The van der Waals surface area contributed by atoms with Crippen molar-refractivity contribution >= 4 is 11.9 Å². The van der Waals surface area contributed by atoms with Crippen LogP contribution in [-0.2, 0) is 16.1 Å². The van der Waals surface area contributed by atoms with E-state index in [0.717, 1.165) is 5.56 Å². The molecule has 1 N–H and O–H groups in total. The monoisotopic (exact) mass is 265 g/mol. The number of aliphatic carboxylic acids is 1. The van der Waals surface area contributed by atoms with E-state index in [4.69, 9.17) is 5.11 Å². The first-order valence-corrected chi connectivity index (χ1v) is 6.11. The van der Waals surface area contributed by atoms with E-state index in [-0.39, 0.29) is 12.4 Å². The first-order valence-electron chi connectivity index (χ1n) is 6.11. The molecular weight excluding hydrogens is 249 g/mol. The van der Waals surface area contributed by atoms with Gasteiger partial charge in [0.05, 0.1) is 0 Å². The number of amides is 1. The maximum Gasteiger partial charge on any atom is 0.319 e. The third-order valence-electron chi connectivity index (χ3n) is 3.52. The van der Waals surface area contributed by atoms with Crippen LogP contribution in [0.25, 0.3) is 0 Å². The number of benzene rings is 1. The van der Waals surface area contributed by atoms with Crippen LogP contribution in [0.4, 0.5) is 4.39 Å². The van der Waals surface area contributed by atoms with E-state index in [9.17, 15) is 14.0 Å². The molecule has 0 bridgehead atoms. The smallest absolute Gasteiger partial charge is 0.319 e. The summed E-state index contributed by atoms with van der Waals surface area (Å²) in [5.41, 5.74) is 0.0309. The van der Waals surface area contributed by atoms with Gasteiger partial charge in [0.15, 0.2) is 0 Å². The van der Waals surface area contributed by atoms with Crippen LogP contribution in [0.2, 0.25) is 0 Å². The quantitative estimate of drug-likeness (QED) is 0.847. The molecule has 0 spiro atoms. The molecule has 0 atom stereocenters. The second kappa shape index (κ2) is 4.64. The van der Waals surface area contributed by atoms with Crippen LogP contribution in [0.5, 0.6) is 0 Å². The molecule has 102 valence electrons. The van der Waals surface area contributed by atoms with Crippen molar-refractivity contribution in [1.82, 2.24) is 4.90 Å². The lowest BCUT2D eigenvalue weighted by atomic mass is 10.1. The van der Waals surface area contributed by atoms with Gasteiger partial charge in [-0.15, -0.1) is 0 Å². The number of halogens is 1. The predicted molar refractivity (Wildman–Crippen MR) is 66.9 cm³/mol. The summed E-state index contributed by atoms with van der Waals surface area (Å²) in [6.45, 7) is 1.92. The van der Waals surface area contributed by atoms with Gasteiger partial charge in [-0.1, -0.05) is 17.7 Å². The van der Waals surface area contributed by atoms with Gasteiger partial charge in [0.2, 0.25) is 5.91 Å². The van der Waals surface area contributed by atoms with Gasteiger partial charge in [0, 0.05) is 19.2 Å². The van der Waals surface area contributed by atoms with Gasteiger partial charge in [-0.05, 0) is 25.8 Å². The Balaban J connectivity index is 2.13. The molecule has 0 aromatic heterocycles. The van der Waals surface area contributed by atoms with Gasteiger partial charge in [0.1, 0.15) is 11.2 Å². The number of carbonyl (C=O) groups is 2. The lowest BCUT2D eigenvalue weighted by Crippen LogP contribution is -2.38. The molecule has 2 rings (SSSR count). The molecule has 4 nitrogen and oxygen atoms in total. The van der Waals surface area contributed by atoms with Crippen molar-refractivity contribution in [1.29, 1.82) is 0 Å². The van der Waals surface area contributed by atoms with Gasteiger partial charge in [-0.25, -0.2) is 4.39 Å². The first-order chi connectivity index (χ1) is 8.86. The Bertz CT molecular complexity index is 537. The number of rotatable bonds is 4. The van der Waals surface area contributed by atoms with E-state index in [1.54, 1.807) is 12.1 Å². The van der Waals surface area contributed by atoms with Crippen LogP contribution >= 0.6 is 0 Å². The SMILES string of the molecule is Cc1ccc(F)c(CN(C)C(=O)C2(C(=O)O)CC2)c1. The van der Waals surface area contributed by atoms with Crippen molar-refractivity contribution in [2.24, 2.45) is 5.41 Å². The minimum Gasteiger partial charge on any atom is -0.480 e. The molecule has 19 heavy (non-hydrogen) atoms. The molecule has 1 amide bonds. The molecule has 0 unspecified atom stereocenters. The van der Waals surface area contributed by atoms with Crippen molar-refractivity contribution in [2.75, 3.05) is 7.05 Å².